The van der Waals surface area contributed by atoms with Gasteiger partial charge in [0.15, 0.2) is 0 Å². The summed E-state index contributed by atoms with van der Waals surface area (Å²) in [4.78, 5) is 6.92. The Kier molecular flexibility index (Phi) is 4.80. The van der Waals surface area contributed by atoms with E-state index >= 15 is 0 Å². The number of aromatic nitrogens is 1. The van der Waals surface area contributed by atoms with Crippen molar-refractivity contribution >= 4 is 17.4 Å². The highest BCUT2D eigenvalue weighted by atomic mass is 35.5. The van der Waals surface area contributed by atoms with Crippen molar-refractivity contribution in [1.29, 1.82) is 0 Å². The van der Waals surface area contributed by atoms with Crippen LogP contribution in [0.25, 0.3) is 0 Å². The lowest BCUT2D eigenvalue weighted by atomic mass is 10.2. The fourth-order valence-electron chi connectivity index (χ4n) is 2.06. The zero-order valence-corrected chi connectivity index (χ0v) is 11.7. The summed E-state index contributed by atoms with van der Waals surface area (Å²) in [7, 11) is 0. The highest BCUT2D eigenvalue weighted by Gasteiger charge is 2.20. The monoisotopic (exact) mass is 269 g/mol. The first-order chi connectivity index (χ1) is 8.70. The summed E-state index contributed by atoms with van der Waals surface area (Å²) < 4.78 is 5.43. The number of ether oxygens (including phenoxy) is 1. The van der Waals surface area contributed by atoms with Gasteiger partial charge in [0.2, 0.25) is 0 Å². The molecule has 0 radical (unpaired) electrons. The molecule has 0 amide bonds. The van der Waals surface area contributed by atoms with Crippen LogP contribution < -0.4 is 5.32 Å². The van der Waals surface area contributed by atoms with Crippen molar-refractivity contribution in [2.75, 3.05) is 31.6 Å². The fraction of sp³-hybridized carbons (Fsp3) is 0.615. The van der Waals surface area contributed by atoms with Gasteiger partial charge >= 0.3 is 0 Å². The minimum Gasteiger partial charge on any atom is -0.379 e. The van der Waals surface area contributed by atoms with Crippen LogP contribution in [0, 0.1) is 0 Å². The number of morpholine rings is 1. The quantitative estimate of drug-likeness (QED) is 0.911. The molecule has 5 heteroatoms. The smallest absolute Gasteiger partial charge is 0.126 e. The molecular formula is C13H20ClN3O. The first kappa shape index (κ1) is 13.6. The molecule has 1 saturated heterocycles. The average molecular weight is 270 g/mol. The van der Waals surface area contributed by atoms with Gasteiger partial charge in [0.25, 0.3) is 0 Å². The number of nitrogens with zero attached hydrogens (tertiary/aromatic N) is 2. The number of anilines is 1. The Morgan fingerprint density at radius 1 is 1.56 bits per heavy atom. The molecule has 2 rings (SSSR count). The highest BCUT2D eigenvalue weighted by molar-refractivity contribution is 6.31. The maximum atomic E-state index is 6.22. The van der Waals surface area contributed by atoms with E-state index in [9.17, 15) is 0 Å². The van der Waals surface area contributed by atoms with E-state index in [1.54, 1.807) is 0 Å². The molecule has 2 heterocycles. The lowest BCUT2D eigenvalue weighted by Crippen LogP contribution is -2.43. The SMILES string of the molecule is CCNc1ccc(Cl)c(CN2CCOCC2C)n1. The molecule has 0 spiro atoms. The van der Waals surface area contributed by atoms with Gasteiger partial charge in [-0.05, 0) is 26.0 Å². The second kappa shape index (κ2) is 6.36. The molecule has 0 aliphatic carbocycles. The summed E-state index contributed by atoms with van der Waals surface area (Å²) in [6, 6.07) is 4.24. The van der Waals surface area contributed by atoms with Gasteiger partial charge in [0.05, 0.1) is 23.9 Å². The molecule has 0 aromatic carbocycles. The van der Waals surface area contributed by atoms with Crippen LogP contribution in [0.3, 0.4) is 0 Å². The zero-order chi connectivity index (χ0) is 13.0. The third-order valence-electron chi connectivity index (χ3n) is 3.13. The molecule has 1 aliphatic heterocycles. The van der Waals surface area contributed by atoms with Gasteiger partial charge < -0.3 is 10.1 Å². The molecule has 1 aliphatic rings. The van der Waals surface area contributed by atoms with Crippen molar-refractivity contribution in [2.24, 2.45) is 0 Å². The van der Waals surface area contributed by atoms with Crippen molar-refractivity contribution in [3.8, 4) is 0 Å². The highest BCUT2D eigenvalue weighted by Crippen LogP contribution is 2.20. The van der Waals surface area contributed by atoms with Crippen LogP contribution in [0.4, 0.5) is 5.82 Å². The van der Waals surface area contributed by atoms with Gasteiger partial charge in [-0.15, -0.1) is 0 Å². The van der Waals surface area contributed by atoms with Crippen LogP contribution in [0.5, 0.6) is 0 Å². The predicted octanol–water partition coefficient (Wildman–Crippen LogP) is 2.39. The van der Waals surface area contributed by atoms with Crippen LogP contribution in [-0.2, 0) is 11.3 Å². The van der Waals surface area contributed by atoms with Crippen LogP contribution in [0.2, 0.25) is 5.02 Å². The summed E-state index contributed by atoms with van der Waals surface area (Å²) in [5, 5.41) is 3.94. The van der Waals surface area contributed by atoms with Gasteiger partial charge in [0.1, 0.15) is 5.82 Å². The summed E-state index contributed by atoms with van der Waals surface area (Å²) in [6.45, 7) is 8.37. The van der Waals surface area contributed by atoms with Crippen molar-refractivity contribution in [3.05, 3.63) is 22.8 Å². The number of halogens is 1. The van der Waals surface area contributed by atoms with E-state index in [-0.39, 0.29) is 0 Å². The van der Waals surface area contributed by atoms with E-state index in [1.807, 2.05) is 12.1 Å². The maximum absolute atomic E-state index is 6.22. The first-order valence-electron chi connectivity index (χ1n) is 6.41. The molecule has 0 saturated carbocycles. The second-order valence-electron chi connectivity index (χ2n) is 4.55. The van der Waals surface area contributed by atoms with Crippen molar-refractivity contribution in [1.82, 2.24) is 9.88 Å². The summed E-state index contributed by atoms with van der Waals surface area (Å²) in [5.41, 5.74) is 0.934. The van der Waals surface area contributed by atoms with Crippen LogP contribution >= 0.6 is 11.6 Å². The Hall–Kier alpha value is -0.840. The molecule has 1 N–H and O–H groups in total. The molecule has 1 fully saturated rings. The normalized spacial score (nSPS) is 20.9. The lowest BCUT2D eigenvalue weighted by molar-refractivity contribution is -0.00487. The number of nitrogens with one attached hydrogen (secondary N) is 1. The Bertz CT molecular complexity index is 400. The summed E-state index contributed by atoms with van der Waals surface area (Å²) in [5.74, 6) is 0.887. The van der Waals surface area contributed by atoms with E-state index in [4.69, 9.17) is 16.3 Å². The number of rotatable bonds is 4. The molecule has 4 nitrogen and oxygen atoms in total. The molecule has 1 unspecified atom stereocenters. The summed E-state index contributed by atoms with van der Waals surface area (Å²) in [6.07, 6.45) is 0. The van der Waals surface area contributed by atoms with Crippen LogP contribution in [0.15, 0.2) is 12.1 Å². The molecule has 18 heavy (non-hydrogen) atoms. The first-order valence-corrected chi connectivity index (χ1v) is 6.79. The number of hydrogen-bond donors (Lipinski definition) is 1. The van der Waals surface area contributed by atoms with E-state index in [2.05, 4.69) is 29.0 Å². The largest absolute Gasteiger partial charge is 0.379 e. The van der Waals surface area contributed by atoms with Gasteiger partial charge in [-0.2, -0.15) is 0 Å². The van der Waals surface area contributed by atoms with Gasteiger partial charge in [-0.3, -0.25) is 4.90 Å². The predicted molar refractivity (Wildman–Crippen MR) is 74.1 cm³/mol. The van der Waals surface area contributed by atoms with Gasteiger partial charge in [0, 0.05) is 25.7 Å². The van der Waals surface area contributed by atoms with Crippen LogP contribution in [-0.4, -0.2) is 42.2 Å². The fourth-order valence-corrected chi connectivity index (χ4v) is 2.23. The molecule has 0 bridgehead atoms. The standard InChI is InChI=1S/C13H20ClN3O/c1-3-15-13-5-4-11(14)12(16-13)8-17-6-7-18-9-10(17)2/h4-5,10H,3,6-9H2,1-2H3,(H,15,16). The molecule has 100 valence electrons. The van der Waals surface area contributed by atoms with E-state index in [0.717, 1.165) is 49.4 Å². The Labute approximate surface area is 113 Å². The third kappa shape index (κ3) is 3.34. The van der Waals surface area contributed by atoms with Crippen molar-refractivity contribution in [3.63, 3.8) is 0 Å². The Morgan fingerprint density at radius 2 is 2.39 bits per heavy atom. The lowest BCUT2D eigenvalue weighted by Gasteiger charge is -2.33. The van der Waals surface area contributed by atoms with Gasteiger partial charge in [-0.1, -0.05) is 11.6 Å². The topological polar surface area (TPSA) is 37.4 Å². The minimum absolute atomic E-state index is 0.416. The molecule has 1 atom stereocenters. The third-order valence-corrected chi connectivity index (χ3v) is 3.48. The minimum atomic E-state index is 0.416. The van der Waals surface area contributed by atoms with E-state index in [1.165, 1.54) is 0 Å². The average Bonchev–Trinajstić information content (AvgIpc) is 2.36. The zero-order valence-electron chi connectivity index (χ0n) is 10.9. The number of hydrogen-bond acceptors (Lipinski definition) is 4. The van der Waals surface area contributed by atoms with E-state index < -0.39 is 0 Å². The maximum Gasteiger partial charge on any atom is 0.126 e. The van der Waals surface area contributed by atoms with Gasteiger partial charge in [-0.25, -0.2) is 4.98 Å². The molecule has 1 aromatic rings. The summed E-state index contributed by atoms with van der Waals surface area (Å²) >= 11 is 6.22. The van der Waals surface area contributed by atoms with Crippen LogP contribution in [0.1, 0.15) is 19.5 Å². The Balaban J connectivity index is 2.09. The molecular weight excluding hydrogens is 250 g/mol. The van der Waals surface area contributed by atoms with Crippen molar-refractivity contribution in [2.45, 2.75) is 26.4 Å². The van der Waals surface area contributed by atoms with E-state index in [0.29, 0.717) is 6.04 Å². The number of pyridine rings is 1. The molecule has 1 aromatic heterocycles. The Morgan fingerprint density at radius 3 is 3.11 bits per heavy atom. The van der Waals surface area contributed by atoms with Crippen molar-refractivity contribution < 1.29 is 4.74 Å². The second-order valence-corrected chi connectivity index (χ2v) is 4.96.